The van der Waals surface area contributed by atoms with Crippen LogP contribution in [0.5, 0.6) is 0 Å². The molecule has 2 aliphatic carbocycles. The van der Waals surface area contributed by atoms with Gasteiger partial charge in [0, 0.05) is 0 Å². The van der Waals surface area contributed by atoms with Gasteiger partial charge in [0.25, 0.3) is 0 Å². The van der Waals surface area contributed by atoms with Gasteiger partial charge in [0.2, 0.25) is 0 Å². The van der Waals surface area contributed by atoms with Gasteiger partial charge >= 0.3 is 0 Å². The highest BCUT2D eigenvalue weighted by Gasteiger charge is 2.50. The van der Waals surface area contributed by atoms with Gasteiger partial charge in [-0.05, 0) is 25.7 Å². The molecule has 0 saturated heterocycles. The van der Waals surface area contributed by atoms with Gasteiger partial charge in [-0.3, -0.25) is 0 Å². The van der Waals surface area contributed by atoms with Crippen LogP contribution in [0.2, 0.25) is 0 Å². The Morgan fingerprint density at radius 2 is 1.06 bits per heavy atom. The second-order valence-corrected chi connectivity index (χ2v) is 5.72. The molecule has 2 aliphatic rings. The number of hydrogen-bond donors (Lipinski definition) is 1. The van der Waals surface area contributed by atoms with Crippen LogP contribution in [0.3, 0.4) is 0 Å². The summed E-state index contributed by atoms with van der Waals surface area (Å²) in [5.41, 5.74) is -1.66. The highest BCUT2D eigenvalue weighted by Crippen LogP contribution is 2.41. The molecule has 0 atom stereocenters. The molecule has 4 heteroatoms. The first-order valence-corrected chi connectivity index (χ1v) is 7.01. The van der Waals surface area contributed by atoms with Crippen molar-refractivity contribution in [1.82, 2.24) is 5.06 Å². The summed E-state index contributed by atoms with van der Waals surface area (Å²) in [6, 6.07) is 4.60. The van der Waals surface area contributed by atoms with E-state index >= 15 is 0 Å². The van der Waals surface area contributed by atoms with Crippen LogP contribution in [0.1, 0.15) is 64.2 Å². The van der Waals surface area contributed by atoms with Gasteiger partial charge in [-0.25, -0.2) is 0 Å². The van der Waals surface area contributed by atoms with Crippen molar-refractivity contribution < 1.29 is 5.21 Å². The van der Waals surface area contributed by atoms with Crippen molar-refractivity contribution in [3.63, 3.8) is 0 Å². The molecule has 2 fully saturated rings. The van der Waals surface area contributed by atoms with Crippen molar-refractivity contribution >= 4 is 0 Å². The summed E-state index contributed by atoms with van der Waals surface area (Å²) in [6.07, 6.45) is 8.84. The lowest BCUT2D eigenvalue weighted by molar-refractivity contribution is -0.223. The summed E-state index contributed by atoms with van der Waals surface area (Å²) in [4.78, 5) is 0. The van der Waals surface area contributed by atoms with Crippen LogP contribution in [-0.2, 0) is 0 Å². The summed E-state index contributed by atoms with van der Waals surface area (Å²) >= 11 is 0. The zero-order valence-electron chi connectivity index (χ0n) is 10.9. The zero-order valence-corrected chi connectivity index (χ0v) is 10.9. The molecule has 0 aliphatic heterocycles. The first-order chi connectivity index (χ1) is 8.69. The fraction of sp³-hybridized carbons (Fsp3) is 0.857. The molecule has 0 bridgehead atoms. The van der Waals surface area contributed by atoms with E-state index in [1.165, 1.54) is 0 Å². The van der Waals surface area contributed by atoms with Crippen molar-refractivity contribution in [3.05, 3.63) is 0 Å². The molecule has 98 valence electrons. The number of hydrogen-bond acceptors (Lipinski definition) is 4. The lowest BCUT2D eigenvalue weighted by atomic mass is 9.76. The molecular weight excluding hydrogens is 226 g/mol. The molecule has 0 aromatic heterocycles. The van der Waals surface area contributed by atoms with Gasteiger partial charge in [-0.15, -0.1) is 0 Å². The van der Waals surface area contributed by atoms with Gasteiger partial charge in [0.05, 0.1) is 12.1 Å². The Morgan fingerprint density at radius 3 is 1.33 bits per heavy atom. The van der Waals surface area contributed by atoms with E-state index in [4.69, 9.17) is 0 Å². The molecule has 1 N–H and O–H groups in total. The van der Waals surface area contributed by atoms with E-state index in [0.717, 1.165) is 43.6 Å². The highest BCUT2D eigenvalue weighted by molar-refractivity contribution is 5.17. The number of rotatable bonds is 2. The first-order valence-electron chi connectivity index (χ1n) is 7.01. The average molecular weight is 247 g/mol. The summed E-state index contributed by atoms with van der Waals surface area (Å²) < 4.78 is 0. The van der Waals surface area contributed by atoms with Gasteiger partial charge in [-0.2, -0.15) is 15.6 Å². The van der Waals surface area contributed by atoms with Crippen LogP contribution < -0.4 is 0 Å². The summed E-state index contributed by atoms with van der Waals surface area (Å²) in [5, 5.41) is 30.7. The molecule has 0 spiro atoms. The molecule has 0 heterocycles. The number of nitriles is 2. The summed E-state index contributed by atoms with van der Waals surface area (Å²) in [7, 11) is 0. The minimum atomic E-state index is -0.828. The third-order valence-electron chi connectivity index (χ3n) is 4.59. The van der Waals surface area contributed by atoms with E-state index in [2.05, 4.69) is 12.1 Å². The molecular formula is C14H21N3O. The van der Waals surface area contributed by atoms with Crippen molar-refractivity contribution in [1.29, 1.82) is 10.5 Å². The van der Waals surface area contributed by atoms with Crippen LogP contribution in [0.15, 0.2) is 0 Å². The Hall–Kier alpha value is -1.10. The maximum atomic E-state index is 10.6. The third kappa shape index (κ3) is 2.11. The van der Waals surface area contributed by atoms with Crippen molar-refractivity contribution in [2.45, 2.75) is 75.3 Å². The molecule has 18 heavy (non-hydrogen) atoms. The van der Waals surface area contributed by atoms with Gasteiger partial charge in [0.1, 0.15) is 11.1 Å². The first kappa shape index (κ1) is 13.3. The predicted molar refractivity (Wildman–Crippen MR) is 66.5 cm³/mol. The summed E-state index contributed by atoms with van der Waals surface area (Å²) in [6.45, 7) is 0. The smallest absolute Gasteiger partial charge is 0.134 e. The highest BCUT2D eigenvalue weighted by atomic mass is 16.5. The molecule has 2 rings (SSSR count). The Labute approximate surface area is 109 Å². The van der Waals surface area contributed by atoms with E-state index < -0.39 is 11.1 Å². The molecule has 0 aromatic carbocycles. The lowest BCUT2D eigenvalue weighted by Crippen LogP contribution is -2.59. The molecule has 0 aromatic rings. The van der Waals surface area contributed by atoms with Crippen LogP contribution in [-0.4, -0.2) is 21.3 Å². The van der Waals surface area contributed by atoms with Crippen LogP contribution >= 0.6 is 0 Å². The quantitative estimate of drug-likeness (QED) is 0.761. The second kappa shape index (κ2) is 5.26. The zero-order chi connectivity index (χ0) is 13.1. The molecule has 0 amide bonds. The van der Waals surface area contributed by atoms with E-state index in [1.54, 1.807) is 0 Å². The summed E-state index contributed by atoms with van der Waals surface area (Å²) in [5.74, 6) is 0. The van der Waals surface area contributed by atoms with E-state index in [1.807, 2.05) is 0 Å². The third-order valence-corrected chi connectivity index (χ3v) is 4.59. The Balaban J connectivity index is 2.24. The lowest BCUT2D eigenvalue weighted by Gasteiger charge is -2.46. The van der Waals surface area contributed by atoms with Crippen molar-refractivity contribution in [2.75, 3.05) is 0 Å². The average Bonchev–Trinajstić information content (AvgIpc) is 2.48. The molecule has 0 unspecified atom stereocenters. The minimum absolute atomic E-state index is 0.684. The van der Waals surface area contributed by atoms with E-state index in [-0.39, 0.29) is 0 Å². The van der Waals surface area contributed by atoms with E-state index in [0.29, 0.717) is 25.7 Å². The predicted octanol–water partition coefficient (Wildman–Crippen LogP) is 3.13. The molecule has 0 radical (unpaired) electrons. The number of hydroxylamine groups is 2. The number of nitrogens with zero attached hydrogens (tertiary/aromatic N) is 3. The SMILES string of the molecule is N#CC1(N(O)C2(C#N)CCCCC2)CCCCC1. The van der Waals surface area contributed by atoms with Gasteiger partial charge in [-0.1, -0.05) is 38.5 Å². The van der Waals surface area contributed by atoms with Crippen molar-refractivity contribution in [2.24, 2.45) is 0 Å². The van der Waals surface area contributed by atoms with Gasteiger partial charge < -0.3 is 5.21 Å². The maximum absolute atomic E-state index is 10.6. The Kier molecular flexibility index (Phi) is 3.90. The fourth-order valence-corrected chi connectivity index (χ4v) is 3.42. The monoisotopic (exact) mass is 247 g/mol. The Morgan fingerprint density at radius 1 is 0.722 bits per heavy atom. The standard InChI is InChI=1S/C14H21N3O/c15-11-13(7-3-1-4-8-13)17(18)14(12-16)9-5-2-6-10-14/h18H,1-10H2. The van der Waals surface area contributed by atoms with Crippen LogP contribution in [0.25, 0.3) is 0 Å². The van der Waals surface area contributed by atoms with Crippen LogP contribution in [0, 0.1) is 22.7 Å². The van der Waals surface area contributed by atoms with Crippen molar-refractivity contribution in [3.8, 4) is 12.1 Å². The maximum Gasteiger partial charge on any atom is 0.134 e. The second-order valence-electron chi connectivity index (χ2n) is 5.72. The molecule has 4 nitrogen and oxygen atoms in total. The normalized spacial score (nSPS) is 26.2. The minimum Gasteiger partial charge on any atom is -0.311 e. The molecule has 2 saturated carbocycles. The fourth-order valence-electron chi connectivity index (χ4n) is 3.42. The Bertz CT molecular complexity index is 331. The largest absolute Gasteiger partial charge is 0.311 e. The van der Waals surface area contributed by atoms with Gasteiger partial charge in [0.15, 0.2) is 0 Å². The van der Waals surface area contributed by atoms with E-state index in [9.17, 15) is 15.7 Å². The topological polar surface area (TPSA) is 71.1 Å². The van der Waals surface area contributed by atoms with Crippen LogP contribution in [0.4, 0.5) is 0 Å².